The van der Waals surface area contributed by atoms with E-state index in [9.17, 15) is 8.42 Å². The van der Waals surface area contributed by atoms with Gasteiger partial charge in [0.1, 0.15) is 0 Å². The van der Waals surface area contributed by atoms with Crippen LogP contribution in [-0.4, -0.2) is 25.6 Å². The first-order valence-electron chi connectivity index (χ1n) is 7.23. The molecular formula is C14H27N3O2S. The van der Waals surface area contributed by atoms with Crippen molar-refractivity contribution in [3.63, 3.8) is 0 Å². The van der Waals surface area contributed by atoms with Crippen LogP contribution in [0.15, 0.2) is 17.2 Å². The molecule has 2 N–H and O–H groups in total. The second kappa shape index (κ2) is 7.24. The number of aromatic nitrogens is 1. The van der Waals surface area contributed by atoms with Gasteiger partial charge in [-0.3, -0.25) is 0 Å². The fourth-order valence-electron chi connectivity index (χ4n) is 1.82. The Morgan fingerprint density at radius 2 is 1.90 bits per heavy atom. The normalized spacial score (nSPS) is 13.9. The number of hydrogen-bond acceptors (Lipinski definition) is 3. The topological polar surface area (TPSA) is 63.1 Å². The van der Waals surface area contributed by atoms with Gasteiger partial charge in [0.05, 0.1) is 4.90 Å². The van der Waals surface area contributed by atoms with Gasteiger partial charge in [0.25, 0.3) is 0 Å². The van der Waals surface area contributed by atoms with Crippen molar-refractivity contribution < 1.29 is 8.42 Å². The van der Waals surface area contributed by atoms with E-state index < -0.39 is 10.0 Å². The highest BCUT2D eigenvalue weighted by Crippen LogP contribution is 2.16. The Morgan fingerprint density at radius 3 is 2.40 bits per heavy atom. The fourth-order valence-corrected chi connectivity index (χ4v) is 3.27. The van der Waals surface area contributed by atoms with Crippen molar-refractivity contribution in [2.75, 3.05) is 6.54 Å². The summed E-state index contributed by atoms with van der Waals surface area (Å²) in [5.41, 5.74) is 0.993. The highest BCUT2D eigenvalue weighted by Gasteiger charge is 2.21. The van der Waals surface area contributed by atoms with Crippen LogP contribution >= 0.6 is 0 Å². The number of nitrogens with one attached hydrogen (secondary N) is 2. The molecule has 0 aliphatic carbocycles. The maximum atomic E-state index is 12.4. The average Bonchev–Trinajstić information content (AvgIpc) is 2.79. The van der Waals surface area contributed by atoms with E-state index in [2.05, 4.69) is 10.0 Å². The monoisotopic (exact) mass is 301 g/mol. The van der Waals surface area contributed by atoms with E-state index in [0.29, 0.717) is 11.4 Å². The third-order valence-electron chi connectivity index (χ3n) is 3.51. The van der Waals surface area contributed by atoms with Crippen molar-refractivity contribution in [3.05, 3.63) is 18.0 Å². The van der Waals surface area contributed by atoms with Gasteiger partial charge in [-0.1, -0.05) is 20.8 Å². The molecule has 1 rings (SSSR count). The average molecular weight is 301 g/mol. The summed E-state index contributed by atoms with van der Waals surface area (Å²) in [6.45, 7) is 12.2. The lowest BCUT2D eigenvalue weighted by Gasteiger charge is -2.16. The van der Waals surface area contributed by atoms with Gasteiger partial charge < -0.3 is 9.88 Å². The lowest BCUT2D eigenvalue weighted by Crippen LogP contribution is -2.35. The molecule has 1 aromatic rings. The Morgan fingerprint density at radius 1 is 1.25 bits per heavy atom. The second-order valence-corrected chi connectivity index (χ2v) is 7.10. The molecule has 0 spiro atoms. The summed E-state index contributed by atoms with van der Waals surface area (Å²) in [4.78, 5) is 0.347. The molecule has 1 heterocycles. The van der Waals surface area contributed by atoms with Crippen molar-refractivity contribution in [2.24, 2.45) is 5.92 Å². The number of hydrogen-bond donors (Lipinski definition) is 2. The van der Waals surface area contributed by atoms with Gasteiger partial charge in [-0.2, -0.15) is 0 Å². The van der Waals surface area contributed by atoms with Crippen molar-refractivity contribution in [1.29, 1.82) is 0 Å². The molecule has 0 radical (unpaired) electrons. The zero-order chi connectivity index (χ0) is 15.3. The number of nitrogens with zero attached hydrogens (tertiary/aromatic N) is 1. The third kappa shape index (κ3) is 4.33. The summed E-state index contributed by atoms with van der Waals surface area (Å²) in [6, 6.07) is 1.67. The summed E-state index contributed by atoms with van der Waals surface area (Å²) < 4.78 is 29.4. The fraction of sp³-hybridized carbons (Fsp3) is 0.714. The molecular weight excluding hydrogens is 274 g/mol. The molecule has 0 saturated heterocycles. The minimum atomic E-state index is -3.44. The van der Waals surface area contributed by atoms with Gasteiger partial charge in [0.15, 0.2) is 0 Å². The molecule has 0 fully saturated rings. The van der Waals surface area contributed by atoms with Gasteiger partial charge >= 0.3 is 0 Å². The summed E-state index contributed by atoms with van der Waals surface area (Å²) >= 11 is 0. The zero-order valence-corrected chi connectivity index (χ0v) is 13.9. The number of rotatable bonds is 8. The number of sulfonamides is 1. The summed E-state index contributed by atoms with van der Waals surface area (Å²) in [6.07, 6.45) is 1.71. The molecule has 5 nitrogen and oxygen atoms in total. The standard InChI is InChI=1S/C14H27N3O2S/c1-6-15-9-13-8-14(10-17(13)7-2)20(18,19)16-12(5)11(3)4/h8,10-12,15-16H,6-7,9H2,1-5H3. The summed E-state index contributed by atoms with van der Waals surface area (Å²) in [5.74, 6) is 0.263. The van der Waals surface area contributed by atoms with E-state index in [-0.39, 0.29) is 12.0 Å². The molecule has 0 saturated carbocycles. The van der Waals surface area contributed by atoms with Crippen molar-refractivity contribution in [1.82, 2.24) is 14.6 Å². The van der Waals surface area contributed by atoms with Crippen LogP contribution < -0.4 is 10.0 Å². The van der Waals surface area contributed by atoms with Crippen molar-refractivity contribution in [2.45, 2.75) is 58.6 Å². The van der Waals surface area contributed by atoms with Gasteiger partial charge in [-0.05, 0) is 32.4 Å². The van der Waals surface area contributed by atoms with E-state index in [1.165, 1.54) is 0 Å². The minimum Gasteiger partial charge on any atom is -0.349 e. The molecule has 0 bridgehead atoms. The first-order chi connectivity index (χ1) is 9.31. The van der Waals surface area contributed by atoms with Gasteiger partial charge in [0, 0.05) is 31.0 Å². The van der Waals surface area contributed by atoms with Crippen molar-refractivity contribution >= 4 is 10.0 Å². The van der Waals surface area contributed by atoms with Crippen LogP contribution in [-0.2, 0) is 23.1 Å². The maximum Gasteiger partial charge on any atom is 0.242 e. The minimum absolute atomic E-state index is 0.0813. The van der Waals surface area contributed by atoms with E-state index >= 15 is 0 Å². The number of aryl methyl sites for hydroxylation is 1. The van der Waals surface area contributed by atoms with Crippen molar-refractivity contribution in [3.8, 4) is 0 Å². The van der Waals surface area contributed by atoms with Crippen LogP contribution in [0.25, 0.3) is 0 Å². The van der Waals surface area contributed by atoms with E-state index in [4.69, 9.17) is 0 Å². The highest BCUT2D eigenvalue weighted by molar-refractivity contribution is 7.89. The van der Waals surface area contributed by atoms with Crippen LogP contribution in [0.2, 0.25) is 0 Å². The third-order valence-corrected chi connectivity index (χ3v) is 5.03. The van der Waals surface area contributed by atoms with Crippen LogP contribution in [0.4, 0.5) is 0 Å². The molecule has 0 aliphatic rings. The van der Waals surface area contributed by atoms with Crippen LogP contribution in [0.1, 0.15) is 40.3 Å². The molecule has 1 atom stereocenters. The smallest absolute Gasteiger partial charge is 0.242 e. The van der Waals surface area contributed by atoms with Gasteiger partial charge in [-0.15, -0.1) is 0 Å². The molecule has 116 valence electrons. The Labute approximate surface area is 122 Å². The van der Waals surface area contributed by atoms with Gasteiger partial charge in [-0.25, -0.2) is 13.1 Å². The van der Waals surface area contributed by atoms with Gasteiger partial charge in [0.2, 0.25) is 10.0 Å². The van der Waals surface area contributed by atoms with E-state index in [1.807, 2.05) is 39.2 Å². The molecule has 0 aromatic carbocycles. The Hall–Kier alpha value is -0.850. The molecule has 0 aliphatic heterocycles. The first-order valence-corrected chi connectivity index (χ1v) is 8.72. The largest absolute Gasteiger partial charge is 0.349 e. The summed E-state index contributed by atoms with van der Waals surface area (Å²) in [7, 11) is -3.44. The summed E-state index contributed by atoms with van der Waals surface area (Å²) in [5, 5.41) is 3.23. The van der Waals surface area contributed by atoms with Crippen LogP contribution in [0.3, 0.4) is 0 Å². The molecule has 1 unspecified atom stereocenters. The van der Waals surface area contributed by atoms with E-state index in [1.54, 1.807) is 12.3 Å². The lowest BCUT2D eigenvalue weighted by atomic mass is 10.1. The predicted molar refractivity (Wildman–Crippen MR) is 82.1 cm³/mol. The maximum absolute atomic E-state index is 12.4. The molecule has 6 heteroatoms. The Balaban J connectivity index is 2.97. The SMILES string of the molecule is CCNCc1cc(S(=O)(=O)NC(C)C(C)C)cn1CC. The lowest BCUT2D eigenvalue weighted by molar-refractivity contribution is 0.476. The Bertz CT molecular complexity index is 521. The van der Waals surface area contributed by atoms with Crippen LogP contribution in [0.5, 0.6) is 0 Å². The second-order valence-electron chi connectivity index (χ2n) is 5.39. The molecule has 1 aromatic heterocycles. The molecule has 20 heavy (non-hydrogen) atoms. The van der Waals surface area contributed by atoms with Crippen LogP contribution in [0, 0.1) is 5.92 Å². The first kappa shape index (κ1) is 17.2. The highest BCUT2D eigenvalue weighted by atomic mass is 32.2. The zero-order valence-electron chi connectivity index (χ0n) is 13.1. The quantitative estimate of drug-likeness (QED) is 0.771. The van der Waals surface area contributed by atoms with E-state index in [0.717, 1.165) is 18.8 Å². The predicted octanol–water partition coefficient (Wildman–Crippen LogP) is 1.94. The molecule has 0 amide bonds. The Kier molecular flexibility index (Phi) is 6.23.